The number of nitrogens with one attached hydrogen (secondary N) is 1. The van der Waals surface area contributed by atoms with E-state index in [0.717, 1.165) is 0 Å². The van der Waals surface area contributed by atoms with Crippen LogP contribution in [0.15, 0.2) is 41.5 Å². The maximum atomic E-state index is 4.25. The summed E-state index contributed by atoms with van der Waals surface area (Å²) in [7, 11) is 0. The molecule has 0 saturated carbocycles. The van der Waals surface area contributed by atoms with Gasteiger partial charge in [0.05, 0.1) is 5.69 Å². The van der Waals surface area contributed by atoms with E-state index in [-0.39, 0.29) is 0 Å². The van der Waals surface area contributed by atoms with Crippen molar-refractivity contribution in [3.63, 3.8) is 0 Å². The van der Waals surface area contributed by atoms with Gasteiger partial charge in [0.1, 0.15) is 6.67 Å². The smallest absolute Gasteiger partial charge is 0.114 e. The van der Waals surface area contributed by atoms with Gasteiger partial charge in [0.25, 0.3) is 0 Å². The first-order valence-corrected chi connectivity index (χ1v) is 5.36. The Labute approximate surface area is 94.1 Å². The Balaban J connectivity index is 2.15. The van der Waals surface area contributed by atoms with E-state index in [2.05, 4.69) is 52.3 Å². The third kappa shape index (κ3) is 1.41. The lowest BCUT2D eigenvalue weighted by molar-refractivity contribution is 0.975. The lowest BCUT2D eigenvalue weighted by Crippen LogP contribution is -2.18. The maximum Gasteiger partial charge on any atom is 0.114 e. The van der Waals surface area contributed by atoms with Crippen LogP contribution < -0.4 is 4.90 Å². The Kier molecular flexibility index (Phi) is 2.03. The Morgan fingerprint density at radius 1 is 1.38 bits per heavy atom. The molecule has 3 nitrogen and oxygen atoms in total. The fraction of sp³-hybridized carbons (Fsp3) is 0.154. The Morgan fingerprint density at radius 3 is 3.12 bits per heavy atom. The highest BCUT2D eigenvalue weighted by Gasteiger charge is 2.09. The Morgan fingerprint density at radius 2 is 2.31 bits per heavy atom. The lowest BCUT2D eigenvalue weighted by atomic mass is 10.2. The van der Waals surface area contributed by atoms with Crippen molar-refractivity contribution >= 4 is 22.8 Å². The zero-order valence-electron chi connectivity index (χ0n) is 9.14. The van der Waals surface area contributed by atoms with Crippen LogP contribution in [0.3, 0.4) is 0 Å². The summed E-state index contributed by atoms with van der Waals surface area (Å²) in [6, 6.07) is 8.47. The number of aromatic nitrogens is 1. The van der Waals surface area contributed by atoms with Gasteiger partial charge in [0.15, 0.2) is 0 Å². The third-order valence-corrected chi connectivity index (χ3v) is 2.78. The van der Waals surface area contributed by atoms with Gasteiger partial charge in [0, 0.05) is 29.0 Å². The summed E-state index contributed by atoms with van der Waals surface area (Å²) >= 11 is 0. The molecule has 2 heterocycles. The van der Waals surface area contributed by atoms with Crippen LogP contribution >= 0.6 is 0 Å². The van der Waals surface area contributed by atoms with E-state index in [0.29, 0.717) is 6.67 Å². The summed E-state index contributed by atoms with van der Waals surface area (Å²) in [4.78, 5) is 9.75. The van der Waals surface area contributed by atoms with Crippen LogP contribution in [0.1, 0.15) is 5.69 Å². The first-order chi connectivity index (χ1) is 7.84. The van der Waals surface area contributed by atoms with Crippen LogP contribution in [0, 0.1) is 6.92 Å². The monoisotopic (exact) mass is 211 g/mol. The number of H-pyrrole nitrogens is 1. The minimum Gasteiger partial charge on any atom is -0.359 e. The molecule has 1 N–H and O–H groups in total. The summed E-state index contributed by atoms with van der Waals surface area (Å²) in [6.45, 7) is 2.77. The molecule has 3 rings (SSSR count). The van der Waals surface area contributed by atoms with E-state index in [1.54, 1.807) is 0 Å². The van der Waals surface area contributed by atoms with E-state index in [9.17, 15) is 0 Å². The first-order valence-electron chi connectivity index (χ1n) is 5.36. The molecule has 0 saturated heterocycles. The number of fused-ring (bicyclic) bond motifs is 1. The summed E-state index contributed by atoms with van der Waals surface area (Å²) in [5.74, 6) is 0. The van der Waals surface area contributed by atoms with Gasteiger partial charge in [-0.15, -0.1) is 0 Å². The number of benzene rings is 1. The zero-order valence-corrected chi connectivity index (χ0v) is 9.14. The summed E-state index contributed by atoms with van der Waals surface area (Å²) in [5.41, 5.74) is 3.57. The highest BCUT2D eigenvalue weighted by Crippen LogP contribution is 2.28. The van der Waals surface area contributed by atoms with Gasteiger partial charge in [-0.3, -0.25) is 4.99 Å². The molecule has 2 aromatic rings. The van der Waals surface area contributed by atoms with Crippen LogP contribution in [0.4, 0.5) is 5.69 Å². The average molecular weight is 211 g/mol. The second-order valence-corrected chi connectivity index (χ2v) is 3.98. The highest BCUT2D eigenvalue weighted by atomic mass is 15.2. The number of aliphatic imine (C=N–C) groups is 1. The number of nitrogens with zero attached hydrogens (tertiary/aromatic N) is 2. The molecule has 1 aromatic carbocycles. The van der Waals surface area contributed by atoms with Gasteiger partial charge in [-0.1, -0.05) is 6.07 Å². The van der Waals surface area contributed by atoms with Crippen LogP contribution in [0.2, 0.25) is 0 Å². The molecule has 0 atom stereocenters. The summed E-state index contributed by atoms with van der Waals surface area (Å²) < 4.78 is 0. The fourth-order valence-corrected chi connectivity index (χ4v) is 2.07. The molecule has 0 unspecified atom stereocenters. The average Bonchev–Trinajstić information content (AvgIpc) is 2.70. The van der Waals surface area contributed by atoms with E-state index in [4.69, 9.17) is 0 Å². The molecule has 3 heteroatoms. The van der Waals surface area contributed by atoms with Crippen molar-refractivity contribution in [3.05, 3.63) is 42.2 Å². The maximum absolute atomic E-state index is 4.25. The molecule has 0 spiro atoms. The number of allylic oxidation sites excluding steroid dienone is 1. The second kappa shape index (κ2) is 3.52. The SMILES string of the molecule is Cc1cc2c(N3C=CC=NC3)cccc2[nH]1. The first kappa shape index (κ1) is 9.21. The minimum atomic E-state index is 0.694. The second-order valence-electron chi connectivity index (χ2n) is 3.98. The molecular formula is C13H13N3. The Bertz CT molecular complexity index is 578. The van der Waals surface area contributed by atoms with Crippen molar-refractivity contribution in [2.75, 3.05) is 11.6 Å². The van der Waals surface area contributed by atoms with E-state index < -0.39 is 0 Å². The van der Waals surface area contributed by atoms with Gasteiger partial charge in [-0.25, -0.2) is 0 Å². The number of aryl methyl sites for hydroxylation is 1. The lowest BCUT2D eigenvalue weighted by Gasteiger charge is -2.20. The number of hydrogen-bond donors (Lipinski definition) is 1. The van der Waals surface area contributed by atoms with E-state index in [1.807, 2.05) is 12.3 Å². The largest absolute Gasteiger partial charge is 0.359 e. The molecule has 80 valence electrons. The van der Waals surface area contributed by atoms with Gasteiger partial charge >= 0.3 is 0 Å². The molecule has 1 aliphatic heterocycles. The van der Waals surface area contributed by atoms with Crippen molar-refractivity contribution in [2.24, 2.45) is 4.99 Å². The fourth-order valence-electron chi connectivity index (χ4n) is 2.07. The van der Waals surface area contributed by atoms with E-state index in [1.165, 1.54) is 22.3 Å². The number of rotatable bonds is 1. The van der Waals surface area contributed by atoms with Crippen LogP contribution in [0.25, 0.3) is 10.9 Å². The van der Waals surface area contributed by atoms with Crippen molar-refractivity contribution in [2.45, 2.75) is 6.92 Å². The minimum absolute atomic E-state index is 0.694. The molecule has 1 aliphatic rings. The molecule has 0 bridgehead atoms. The summed E-state index contributed by atoms with van der Waals surface area (Å²) in [5, 5.41) is 1.25. The number of hydrogen-bond acceptors (Lipinski definition) is 2. The molecule has 0 fully saturated rings. The highest BCUT2D eigenvalue weighted by molar-refractivity contribution is 5.94. The molecule has 1 aromatic heterocycles. The molecule has 16 heavy (non-hydrogen) atoms. The molecular weight excluding hydrogens is 198 g/mol. The zero-order chi connectivity index (χ0) is 11.0. The van der Waals surface area contributed by atoms with Gasteiger partial charge < -0.3 is 9.88 Å². The van der Waals surface area contributed by atoms with Crippen molar-refractivity contribution in [1.29, 1.82) is 0 Å². The molecule has 0 aliphatic carbocycles. The van der Waals surface area contributed by atoms with Crippen molar-refractivity contribution < 1.29 is 0 Å². The van der Waals surface area contributed by atoms with Crippen molar-refractivity contribution in [3.8, 4) is 0 Å². The third-order valence-electron chi connectivity index (χ3n) is 2.78. The quantitative estimate of drug-likeness (QED) is 0.772. The topological polar surface area (TPSA) is 31.4 Å². The summed E-state index contributed by atoms with van der Waals surface area (Å²) in [6.07, 6.45) is 5.85. The standard InChI is InChI=1S/C13H13N3/c1-10-8-11-12(15-10)4-2-5-13(11)16-7-3-6-14-9-16/h2-8,15H,9H2,1H3. The molecule has 0 amide bonds. The molecule has 0 radical (unpaired) electrons. The predicted octanol–water partition coefficient (Wildman–Crippen LogP) is 2.84. The van der Waals surface area contributed by atoms with Crippen LogP contribution in [0.5, 0.6) is 0 Å². The van der Waals surface area contributed by atoms with Crippen molar-refractivity contribution in [1.82, 2.24) is 4.98 Å². The van der Waals surface area contributed by atoms with E-state index >= 15 is 0 Å². The van der Waals surface area contributed by atoms with Gasteiger partial charge in [0.2, 0.25) is 0 Å². The van der Waals surface area contributed by atoms with Gasteiger partial charge in [-0.05, 0) is 31.2 Å². The van der Waals surface area contributed by atoms with Crippen LogP contribution in [-0.4, -0.2) is 17.9 Å². The van der Waals surface area contributed by atoms with Gasteiger partial charge in [-0.2, -0.15) is 0 Å². The predicted molar refractivity (Wildman–Crippen MR) is 68.0 cm³/mol. The number of aromatic amines is 1. The Hall–Kier alpha value is -2.03. The van der Waals surface area contributed by atoms with Crippen LogP contribution in [-0.2, 0) is 0 Å². The number of anilines is 1. The normalized spacial score (nSPS) is 14.9.